The highest BCUT2D eigenvalue weighted by Crippen LogP contribution is 2.57. The first-order valence-electron chi connectivity index (χ1n) is 39.4. The van der Waals surface area contributed by atoms with Gasteiger partial charge >= 0.3 is 0 Å². The summed E-state index contributed by atoms with van der Waals surface area (Å²) in [5.74, 6) is 0. The number of nitrogens with zero attached hydrogens (tertiary/aromatic N) is 3. The largest absolute Gasteiger partial charge is 0.311 e. The van der Waals surface area contributed by atoms with Gasteiger partial charge in [-0.25, -0.2) is 0 Å². The minimum absolute atomic E-state index is 0.0379. The van der Waals surface area contributed by atoms with E-state index in [1.165, 1.54) is 221 Å². The van der Waals surface area contributed by atoms with Gasteiger partial charge in [0.05, 0.1) is 11.0 Å². The molecule has 1 aromatic heterocycles. The summed E-state index contributed by atoms with van der Waals surface area (Å²) in [5, 5.41) is 2.70. The zero-order valence-electron chi connectivity index (χ0n) is 63.3. The molecule has 0 aliphatic heterocycles. The van der Waals surface area contributed by atoms with Gasteiger partial charge in [0.15, 0.2) is 0 Å². The van der Waals surface area contributed by atoms with E-state index in [9.17, 15) is 0 Å². The molecule has 530 valence electrons. The van der Waals surface area contributed by atoms with Crippen LogP contribution in [0.2, 0.25) is 0 Å². The van der Waals surface area contributed by atoms with E-state index in [0.29, 0.717) is 0 Å². The number of benzene rings is 10. The van der Waals surface area contributed by atoms with Crippen molar-refractivity contribution in [3.05, 3.63) is 255 Å². The van der Waals surface area contributed by atoms with Crippen molar-refractivity contribution in [3.8, 4) is 39.1 Å². The van der Waals surface area contributed by atoms with Crippen molar-refractivity contribution < 1.29 is 0 Å². The Bertz CT molecular complexity index is 4510. The van der Waals surface area contributed by atoms with Crippen molar-refractivity contribution in [2.75, 3.05) is 9.80 Å². The van der Waals surface area contributed by atoms with E-state index in [1.54, 1.807) is 5.56 Å². The Labute approximate surface area is 630 Å². The number of fused-ring (bicyclic) bond motifs is 6. The zero-order chi connectivity index (χ0) is 71.4. The highest BCUT2D eigenvalue weighted by atomic mass is 79.9. The Balaban J connectivity index is 1.08. The quantitative estimate of drug-likeness (QED) is 0.0380. The van der Waals surface area contributed by atoms with E-state index < -0.39 is 0 Å². The number of anilines is 6. The molecule has 10 aromatic carbocycles. The van der Waals surface area contributed by atoms with Crippen LogP contribution in [-0.2, 0) is 29.1 Å². The molecule has 0 radical (unpaired) electrons. The molecule has 1 heterocycles. The number of halogens is 2. The van der Waals surface area contributed by atoms with E-state index in [0.717, 1.165) is 64.5 Å². The van der Waals surface area contributed by atoms with Crippen molar-refractivity contribution in [2.24, 2.45) is 0 Å². The fourth-order valence-corrected chi connectivity index (χ4v) is 16.9. The molecule has 0 spiro atoms. The lowest BCUT2D eigenvalue weighted by atomic mass is 9.70. The molecule has 1 aliphatic rings. The molecule has 0 atom stereocenters. The molecular formula is C97H113Br2N3. The van der Waals surface area contributed by atoms with Crippen LogP contribution in [0.4, 0.5) is 34.1 Å². The molecule has 0 saturated carbocycles. The first kappa shape index (κ1) is 74.3. The lowest BCUT2D eigenvalue weighted by Crippen LogP contribution is -2.25. The molecule has 0 bridgehead atoms. The molecule has 5 heteroatoms. The summed E-state index contributed by atoms with van der Waals surface area (Å²) in [5.41, 5.74) is 27.4. The van der Waals surface area contributed by atoms with Crippen LogP contribution >= 0.6 is 31.9 Å². The van der Waals surface area contributed by atoms with E-state index in [1.807, 2.05) is 0 Å². The summed E-state index contributed by atoms with van der Waals surface area (Å²) in [4.78, 5) is 4.98. The third-order valence-electron chi connectivity index (χ3n) is 22.2. The zero-order valence-corrected chi connectivity index (χ0v) is 66.4. The summed E-state index contributed by atoms with van der Waals surface area (Å²) in [7, 11) is 0. The summed E-state index contributed by atoms with van der Waals surface area (Å²) < 4.78 is 4.91. The normalized spacial score (nSPS) is 12.7. The molecule has 12 rings (SSSR count). The van der Waals surface area contributed by atoms with Crippen LogP contribution in [-0.4, -0.2) is 4.57 Å². The number of hydrogen-bond acceptors (Lipinski definition) is 2. The third-order valence-corrected chi connectivity index (χ3v) is 23.3. The van der Waals surface area contributed by atoms with Gasteiger partial charge in [-0.05, 0) is 244 Å². The Kier molecular flexibility index (Phi) is 24.8. The predicted octanol–water partition coefficient (Wildman–Crippen LogP) is 31.2. The van der Waals surface area contributed by atoms with Gasteiger partial charge in [-0.3, -0.25) is 0 Å². The van der Waals surface area contributed by atoms with Crippen molar-refractivity contribution in [1.29, 1.82) is 0 Å². The van der Waals surface area contributed by atoms with Gasteiger partial charge in [-0.2, -0.15) is 0 Å². The Morgan fingerprint density at radius 3 is 1.26 bits per heavy atom. The first-order valence-corrected chi connectivity index (χ1v) is 41.0. The maximum atomic E-state index is 3.83. The maximum absolute atomic E-state index is 3.83. The van der Waals surface area contributed by atoms with Crippen molar-refractivity contribution in [1.82, 2.24) is 4.57 Å². The molecule has 102 heavy (non-hydrogen) atoms. The second-order valence-corrected chi connectivity index (χ2v) is 33.6. The third kappa shape index (κ3) is 16.9. The molecule has 1 aliphatic carbocycles. The summed E-state index contributed by atoms with van der Waals surface area (Å²) >= 11 is 7.57. The van der Waals surface area contributed by atoms with Gasteiger partial charge in [0.2, 0.25) is 0 Å². The number of rotatable bonds is 33. The smallest absolute Gasteiger partial charge is 0.0547 e. The van der Waals surface area contributed by atoms with E-state index in [-0.39, 0.29) is 16.2 Å². The van der Waals surface area contributed by atoms with Gasteiger partial charge in [0, 0.05) is 64.9 Å². The highest BCUT2D eigenvalue weighted by molar-refractivity contribution is 9.10. The van der Waals surface area contributed by atoms with E-state index >= 15 is 0 Å². The molecule has 0 fully saturated rings. The number of hydrogen-bond donors (Lipinski definition) is 0. The molecule has 0 amide bonds. The van der Waals surface area contributed by atoms with Gasteiger partial charge in [-0.15, -0.1) is 0 Å². The molecule has 3 nitrogen and oxygen atoms in total. The molecule has 0 saturated heterocycles. The molecule has 0 N–H and O–H groups in total. The maximum Gasteiger partial charge on any atom is 0.0547 e. The van der Waals surface area contributed by atoms with Crippen LogP contribution in [0.25, 0.3) is 60.9 Å². The average Bonchev–Trinajstić information content (AvgIpc) is 1.54. The van der Waals surface area contributed by atoms with Crippen LogP contribution in [0.3, 0.4) is 0 Å². The lowest BCUT2D eigenvalue weighted by molar-refractivity contribution is 0.398. The van der Waals surface area contributed by atoms with E-state index in [2.05, 4.69) is 328 Å². The molecule has 11 aromatic rings. The molecular weight excluding hydrogens is 1370 g/mol. The van der Waals surface area contributed by atoms with Crippen molar-refractivity contribution in [3.63, 3.8) is 0 Å². The minimum atomic E-state index is -0.160. The second-order valence-electron chi connectivity index (χ2n) is 31.7. The fourth-order valence-electron chi connectivity index (χ4n) is 16.4. The number of aryl methyl sites for hydroxylation is 2. The minimum Gasteiger partial charge on any atom is -0.311 e. The monoisotopic (exact) mass is 1480 g/mol. The van der Waals surface area contributed by atoms with Crippen molar-refractivity contribution >= 4 is 87.8 Å². The van der Waals surface area contributed by atoms with Crippen LogP contribution in [0.15, 0.2) is 221 Å². The second kappa shape index (κ2) is 34.0. The Hall–Kier alpha value is -7.44. The van der Waals surface area contributed by atoms with Crippen molar-refractivity contribution in [2.45, 2.75) is 240 Å². The first-order chi connectivity index (χ1) is 49.5. The van der Waals surface area contributed by atoms with Gasteiger partial charge in [-0.1, -0.05) is 302 Å². The lowest BCUT2D eigenvalue weighted by Gasteiger charge is -2.33. The van der Waals surface area contributed by atoms with Crippen LogP contribution in [0.5, 0.6) is 0 Å². The standard InChI is InChI=1S/C97H113Br2N3/c1-11-15-19-23-25-32-62-97(63-33-26-24-20-16-12-2)89-65-73(71-38-50-80(51-39-71)100(82-56-46-78(98)47-57-82)81-52-42-76(43-53-81)95(5,6)7)40-60-85(89)86-69-94-88(68-90(86)97)87-64-72(70-34-30-27-31-35-70)41-61-91(87)102(94)93-67-74(36-28-21-17-13-3)92(66-75(93)37-29-22-18-14-4)101(84-58-48-79(99)49-59-84)83-54-44-77(45-55-83)96(8,9)10/h27,30-31,34-35,38-61,64-69H,11-26,28-29,32-33,36-37,62-63H2,1-10H3. The van der Waals surface area contributed by atoms with Crippen LogP contribution in [0.1, 0.15) is 244 Å². The SMILES string of the molecule is CCCCCCCCC1(CCCCCCCC)c2cc(-c3ccc(N(c4ccc(Br)cc4)c4ccc(C(C)(C)C)cc4)cc3)ccc2-c2cc3c(cc21)c1cc(-c2ccccc2)ccc1n3-c1cc(CCCCCC)c(N(c2ccc(Br)cc2)c2ccc(C(C)(C)C)cc2)cc1CCCCCC. The summed E-state index contributed by atoms with van der Waals surface area (Å²) in [6, 6.07) is 83.0. The summed E-state index contributed by atoms with van der Waals surface area (Å²) in [6.07, 6.45) is 29.1. The van der Waals surface area contributed by atoms with E-state index in [4.69, 9.17) is 0 Å². The number of aromatic nitrogens is 1. The topological polar surface area (TPSA) is 11.4 Å². The Morgan fingerprint density at radius 2 is 0.745 bits per heavy atom. The average molecular weight is 1480 g/mol. The summed E-state index contributed by atoms with van der Waals surface area (Å²) in [6.45, 7) is 23.2. The fraction of sp³-hybridized carbons (Fsp3) is 0.381. The molecule has 0 unspecified atom stereocenters. The van der Waals surface area contributed by atoms with Gasteiger partial charge in [0.1, 0.15) is 0 Å². The predicted molar refractivity (Wildman–Crippen MR) is 452 cm³/mol. The van der Waals surface area contributed by atoms with Crippen LogP contribution in [0, 0.1) is 0 Å². The van der Waals surface area contributed by atoms with Crippen LogP contribution < -0.4 is 9.80 Å². The Morgan fingerprint density at radius 1 is 0.333 bits per heavy atom. The van der Waals surface area contributed by atoms with Gasteiger partial charge in [0.25, 0.3) is 0 Å². The highest BCUT2D eigenvalue weighted by Gasteiger charge is 2.43. The number of unbranched alkanes of at least 4 members (excludes halogenated alkanes) is 16. The van der Waals surface area contributed by atoms with Gasteiger partial charge < -0.3 is 14.4 Å².